The van der Waals surface area contributed by atoms with Crippen LogP contribution in [0.2, 0.25) is 5.02 Å². The third kappa shape index (κ3) is 3.99. The van der Waals surface area contributed by atoms with Crippen LogP contribution >= 0.6 is 11.6 Å². The van der Waals surface area contributed by atoms with E-state index in [4.69, 9.17) is 11.6 Å². The maximum atomic E-state index is 6.33. The molecule has 25 heavy (non-hydrogen) atoms. The summed E-state index contributed by atoms with van der Waals surface area (Å²) in [5, 5.41) is 3.86. The molecule has 0 aliphatic heterocycles. The van der Waals surface area contributed by atoms with E-state index in [1.165, 1.54) is 24.0 Å². The Labute approximate surface area is 153 Å². The van der Waals surface area contributed by atoms with Crippen molar-refractivity contribution in [3.05, 3.63) is 82.6 Å². The van der Waals surface area contributed by atoms with Gasteiger partial charge in [0.15, 0.2) is 0 Å². The number of benzene rings is 2. The van der Waals surface area contributed by atoms with Gasteiger partial charge in [0.25, 0.3) is 0 Å². The predicted octanol–water partition coefficient (Wildman–Crippen LogP) is 5.54. The highest BCUT2D eigenvalue weighted by Gasteiger charge is 2.25. The number of aromatic nitrogens is 2. The topological polar surface area (TPSA) is 37.8 Å². The normalized spacial score (nSPS) is 13.6. The van der Waals surface area contributed by atoms with E-state index in [0.717, 1.165) is 30.1 Å². The van der Waals surface area contributed by atoms with E-state index in [1.54, 1.807) is 6.20 Å². The molecule has 0 atom stereocenters. The number of aryl methyl sites for hydroxylation is 2. The molecule has 1 aliphatic carbocycles. The number of hydrogen-bond acceptors (Lipinski definition) is 3. The van der Waals surface area contributed by atoms with Crippen LogP contribution in [-0.2, 0) is 12.8 Å². The van der Waals surface area contributed by atoms with Crippen LogP contribution in [-0.4, -0.2) is 9.97 Å². The summed E-state index contributed by atoms with van der Waals surface area (Å²) in [6.45, 7) is 0. The Hall–Kier alpha value is -2.39. The fourth-order valence-electron chi connectivity index (χ4n) is 3.10. The predicted molar refractivity (Wildman–Crippen MR) is 103 cm³/mol. The molecule has 4 rings (SSSR count). The van der Waals surface area contributed by atoms with Crippen molar-refractivity contribution in [2.75, 3.05) is 5.32 Å². The van der Waals surface area contributed by atoms with E-state index in [9.17, 15) is 0 Å². The van der Waals surface area contributed by atoms with E-state index in [-0.39, 0.29) is 0 Å². The Morgan fingerprint density at radius 2 is 1.72 bits per heavy atom. The van der Waals surface area contributed by atoms with Crippen LogP contribution in [0.1, 0.15) is 35.6 Å². The monoisotopic (exact) mass is 349 g/mol. The molecule has 1 aromatic heterocycles. The van der Waals surface area contributed by atoms with Crippen LogP contribution in [0.5, 0.6) is 0 Å². The number of para-hydroxylation sites is 1. The Kier molecular flexibility index (Phi) is 4.66. The Morgan fingerprint density at radius 3 is 2.52 bits per heavy atom. The van der Waals surface area contributed by atoms with Crippen molar-refractivity contribution in [1.29, 1.82) is 0 Å². The molecule has 3 aromatic rings. The Balaban J connectivity index is 1.49. The van der Waals surface area contributed by atoms with Gasteiger partial charge in [0, 0.05) is 5.69 Å². The zero-order chi connectivity index (χ0) is 17.1. The number of nitrogens with one attached hydrogen (secondary N) is 1. The third-order valence-corrected chi connectivity index (χ3v) is 4.87. The fraction of sp³-hybridized carbons (Fsp3) is 0.238. The molecule has 1 N–H and O–H groups in total. The van der Waals surface area contributed by atoms with Gasteiger partial charge in [0.1, 0.15) is 0 Å². The van der Waals surface area contributed by atoms with Gasteiger partial charge in [0.2, 0.25) is 5.95 Å². The van der Waals surface area contributed by atoms with Crippen molar-refractivity contribution in [3.8, 4) is 0 Å². The van der Waals surface area contributed by atoms with Crippen LogP contribution in [0.25, 0.3) is 0 Å². The van der Waals surface area contributed by atoms with Crippen LogP contribution in [0.4, 0.5) is 11.6 Å². The summed E-state index contributed by atoms with van der Waals surface area (Å²) in [6, 6.07) is 18.7. The summed E-state index contributed by atoms with van der Waals surface area (Å²) in [5.41, 5.74) is 4.77. The molecule has 126 valence electrons. The van der Waals surface area contributed by atoms with Crippen molar-refractivity contribution < 1.29 is 0 Å². The third-order valence-electron chi connectivity index (χ3n) is 4.55. The molecule has 1 saturated carbocycles. The maximum absolute atomic E-state index is 6.33. The van der Waals surface area contributed by atoms with Crippen LogP contribution < -0.4 is 5.32 Å². The highest BCUT2D eigenvalue weighted by molar-refractivity contribution is 6.31. The minimum Gasteiger partial charge on any atom is -0.324 e. The van der Waals surface area contributed by atoms with E-state index in [1.807, 2.05) is 30.3 Å². The molecule has 1 fully saturated rings. The van der Waals surface area contributed by atoms with Gasteiger partial charge in [-0.3, -0.25) is 0 Å². The second-order valence-corrected chi connectivity index (χ2v) is 6.86. The van der Waals surface area contributed by atoms with Gasteiger partial charge in [-0.05, 0) is 54.9 Å². The van der Waals surface area contributed by atoms with Gasteiger partial charge in [-0.25, -0.2) is 9.97 Å². The van der Waals surface area contributed by atoms with Crippen molar-refractivity contribution in [2.24, 2.45) is 0 Å². The average molecular weight is 350 g/mol. The number of nitrogens with zero attached hydrogens (tertiary/aromatic N) is 2. The molecule has 0 saturated heterocycles. The van der Waals surface area contributed by atoms with E-state index in [0.29, 0.717) is 11.0 Å². The molecule has 0 radical (unpaired) electrons. The lowest BCUT2D eigenvalue weighted by Crippen LogP contribution is -2.03. The lowest BCUT2D eigenvalue weighted by atomic mass is 9.98. The van der Waals surface area contributed by atoms with Gasteiger partial charge < -0.3 is 5.32 Å². The molecule has 1 aliphatic rings. The minimum absolute atomic E-state index is 0.584. The highest BCUT2D eigenvalue weighted by Crippen LogP contribution is 2.41. The molecule has 4 heteroatoms. The number of rotatable bonds is 6. The molecule has 0 bridgehead atoms. The summed E-state index contributed by atoms with van der Waals surface area (Å²) >= 11 is 6.33. The number of anilines is 2. The smallest absolute Gasteiger partial charge is 0.227 e. The van der Waals surface area contributed by atoms with E-state index in [2.05, 4.69) is 39.6 Å². The quantitative estimate of drug-likeness (QED) is 0.635. The molecule has 0 unspecified atom stereocenters. The lowest BCUT2D eigenvalue weighted by Gasteiger charge is -2.10. The largest absolute Gasteiger partial charge is 0.324 e. The second kappa shape index (κ2) is 7.24. The minimum atomic E-state index is 0.584. The van der Waals surface area contributed by atoms with Crippen LogP contribution in [0, 0.1) is 0 Å². The van der Waals surface area contributed by atoms with Gasteiger partial charge in [-0.1, -0.05) is 54.1 Å². The molecular formula is C21H20ClN3. The second-order valence-electron chi connectivity index (χ2n) is 6.45. The van der Waals surface area contributed by atoms with Crippen LogP contribution in [0.15, 0.2) is 60.8 Å². The first-order chi connectivity index (χ1) is 12.3. The summed E-state index contributed by atoms with van der Waals surface area (Å²) < 4.78 is 0. The SMILES string of the molecule is Clc1cnc(Nc2ccccc2)nc1CCc1ccccc1C1CC1. The first kappa shape index (κ1) is 16.1. The molecule has 1 heterocycles. The van der Waals surface area contributed by atoms with Crippen LogP contribution in [0.3, 0.4) is 0 Å². The zero-order valence-electron chi connectivity index (χ0n) is 14.0. The molecule has 0 amide bonds. The molecular weight excluding hydrogens is 330 g/mol. The summed E-state index contributed by atoms with van der Waals surface area (Å²) in [4.78, 5) is 8.91. The van der Waals surface area contributed by atoms with Crippen molar-refractivity contribution >= 4 is 23.2 Å². The van der Waals surface area contributed by atoms with Crippen molar-refractivity contribution in [1.82, 2.24) is 9.97 Å². The van der Waals surface area contributed by atoms with E-state index >= 15 is 0 Å². The van der Waals surface area contributed by atoms with Gasteiger partial charge >= 0.3 is 0 Å². The number of halogens is 1. The number of hydrogen-bond donors (Lipinski definition) is 1. The fourth-order valence-corrected chi connectivity index (χ4v) is 3.28. The van der Waals surface area contributed by atoms with Crippen molar-refractivity contribution in [2.45, 2.75) is 31.6 Å². The summed E-state index contributed by atoms with van der Waals surface area (Å²) in [7, 11) is 0. The van der Waals surface area contributed by atoms with Gasteiger partial charge in [-0.2, -0.15) is 0 Å². The average Bonchev–Trinajstić information content (AvgIpc) is 3.48. The first-order valence-corrected chi connectivity index (χ1v) is 9.08. The van der Waals surface area contributed by atoms with Crippen molar-refractivity contribution in [3.63, 3.8) is 0 Å². The lowest BCUT2D eigenvalue weighted by molar-refractivity contribution is 0.886. The zero-order valence-corrected chi connectivity index (χ0v) is 14.7. The first-order valence-electron chi connectivity index (χ1n) is 8.71. The molecule has 0 spiro atoms. The summed E-state index contributed by atoms with van der Waals surface area (Å²) in [6.07, 6.45) is 6.08. The maximum Gasteiger partial charge on any atom is 0.227 e. The van der Waals surface area contributed by atoms with E-state index < -0.39 is 0 Å². The Morgan fingerprint density at radius 1 is 0.960 bits per heavy atom. The summed E-state index contributed by atoms with van der Waals surface area (Å²) in [5.74, 6) is 1.34. The standard InChI is InChI=1S/C21H20ClN3/c22-19-14-23-21(24-17-7-2-1-3-8-17)25-20(19)13-12-15-6-4-5-9-18(15)16-10-11-16/h1-9,14,16H,10-13H2,(H,23,24,25). The highest BCUT2D eigenvalue weighted by atomic mass is 35.5. The van der Waals surface area contributed by atoms with Gasteiger partial charge in [-0.15, -0.1) is 0 Å². The van der Waals surface area contributed by atoms with Gasteiger partial charge in [0.05, 0.1) is 16.9 Å². The Bertz CT molecular complexity index is 860. The molecule has 3 nitrogen and oxygen atoms in total. The molecule has 2 aromatic carbocycles.